The van der Waals surface area contributed by atoms with Crippen molar-refractivity contribution >= 4 is 11.5 Å². The SMILES string of the molecule is CCCNc1nc(=O)c(-c2ccccc2)c2cc(C(F)(F)F)ccn12. The van der Waals surface area contributed by atoms with Crippen molar-refractivity contribution in [3.05, 3.63) is 64.6 Å². The average Bonchev–Trinajstić information content (AvgIpc) is 2.59. The van der Waals surface area contributed by atoms with Gasteiger partial charge in [0.2, 0.25) is 5.95 Å². The van der Waals surface area contributed by atoms with Crippen molar-refractivity contribution < 1.29 is 13.2 Å². The van der Waals surface area contributed by atoms with Gasteiger partial charge in [0, 0.05) is 12.7 Å². The second kappa shape index (κ2) is 6.58. The number of nitrogens with one attached hydrogen (secondary N) is 1. The van der Waals surface area contributed by atoms with Crippen LogP contribution in [0, 0.1) is 0 Å². The Morgan fingerprint density at radius 3 is 2.52 bits per heavy atom. The maximum Gasteiger partial charge on any atom is 0.416 e. The van der Waals surface area contributed by atoms with E-state index in [0.29, 0.717) is 12.1 Å². The standard InChI is InChI=1S/C18H16F3N3O/c1-2-9-22-17-23-16(25)15(12-6-4-3-5-7-12)14-11-13(18(19,20)21)8-10-24(14)17/h3-8,10-11H,2,9H2,1H3,(H,22,23,25). The van der Waals surface area contributed by atoms with E-state index in [9.17, 15) is 18.0 Å². The Kier molecular flexibility index (Phi) is 4.48. The van der Waals surface area contributed by atoms with Crippen LogP contribution in [0.15, 0.2) is 53.5 Å². The van der Waals surface area contributed by atoms with E-state index in [1.165, 1.54) is 10.6 Å². The normalized spacial score (nSPS) is 11.7. The number of hydrogen-bond acceptors (Lipinski definition) is 3. The number of benzene rings is 1. The van der Waals surface area contributed by atoms with Crippen LogP contribution in [-0.2, 0) is 6.18 Å². The van der Waals surface area contributed by atoms with Crippen LogP contribution in [0.2, 0.25) is 0 Å². The quantitative estimate of drug-likeness (QED) is 0.769. The van der Waals surface area contributed by atoms with Gasteiger partial charge in [0.15, 0.2) is 0 Å². The number of anilines is 1. The van der Waals surface area contributed by atoms with E-state index < -0.39 is 17.3 Å². The van der Waals surface area contributed by atoms with E-state index in [0.717, 1.165) is 18.6 Å². The van der Waals surface area contributed by atoms with Gasteiger partial charge in [-0.1, -0.05) is 37.3 Å². The molecule has 4 nitrogen and oxygen atoms in total. The molecule has 0 fully saturated rings. The zero-order valence-electron chi connectivity index (χ0n) is 13.5. The highest BCUT2D eigenvalue weighted by Gasteiger charge is 2.31. The highest BCUT2D eigenvalue weighted by molar-refractivity contribution is 5.81. The second-order valence-corrected chi connectivity index (χ2v) is 5.58. The molecule has 0 aliphatic rings. The lowest BCUT2D eigenvalue weighted by Crippen LogP contribution is -2.19. The fourth-order valence-corrected chi connectivity index (χ4v) is 2.61. The number of rotatable bonds is 4. The van der Waals surface area contributed by atoms with Crippen molar-refractivity contribution in [1.82, 2.24) is 9.38 Å². The largest absolute Gasteiger partial charge is 0.416 e. The Balaban J connectivity index is 2.34. The first-order valence-electron chi connectivity index (χ1n) is 7.84. The number of pyridine rings is 1. The number of aromatic nitrogens is 2. The predicted octanol–water partition coefficient (Wildman–Crippen LogP) is 4.20. The van der Waals surface area contributed by atoms with Gasteiger partial charge in [-0.05, 0) is 24.1 Å². The van der Waals surface area contributed by atoms with E-state index in [-0.39, 0.29) is 17.0 Å². The van der Waals surface area contributed by atoms with E-state index in [4.69, 9.17) is 0 Å². The van der Waals surface area contributed by atoms with Crippen LogP contribution in [0.5, 0.6) is 0 Å². The molecule has 3 aromatic rings. The van der Waals surface area contributed by atoms with Crippen molar-refractivity contribution in [1.29, 1.82) is 0 Å². The Morgan fingerprint density at radius 1 is 1.16 bits per heavy atom. The smallest absolute Gasteiger partial charge is 0.355 e. The molecule has 1 aromatic carbocycles. The minimum Gasteiger partial charge on any atom is -0.355 e. The summed E-state index contributed by atoms with van der Waals surface area (Å²) in [6, 6.07) is 10.5. The first-order chi connectivity index (χ1) is 11.9. The zero-order valence-corrected chi connectivity index (χ0v) is 13.5. The minimum atomic E-state index is -4.49. The summed E-state index contributed by atoms with van der Waals surface area (Å²) in [6.45, 7) is 2.50. The molecule has 0 saturated carbocycles. The third kappa shape index (κ3) is 3.35. The fraction of sp³-hybridized carbons (Fsp3) is 0.222. The van der Waals surface area contributed by atoms with Crippen LogP contribution >= 0.6 is 0 Å². The molecule has 130 valence electrons. The molecule has 0 spiro atoms. The molecule has 7 heteroatoms. The maximum atomic E-state index is 13.1. The number of hydrogen-bond donors (Lipinski definition) is 1. The van der Waals surface area contributed by atoms with Crippen LogP contribution in [0.4, 0.5) is 19.1 Å². The molecule has 25 heavy (non-hydrogen) atoms. The topological polar surface area (TPSA) is 46.4 Å². The first-order valence-corrected chi connectivity index (χ1v) is 7.84. The molecule has 0 bridgehead atoms. The average molecular weight is 347 g/mol. The molecule has 2 heterocycles. The minimum absolute atomic E-state index is 0.147. The van der Waals surface area contributed by atoms with Gasteiger partial charge in [-0.15, -0.1) is 0 Å². The first kappa shape index (κ1) is 17.0. The summed E-state index contributed by atoms with van der Waals surface area (Å²) in [5.41, 5.74) is -0.534. The summed E-state index contributed by atoms with van der Waals surface area (Å²) in [4.78, 5) is 16.6. The molecule has 3 rings (SSSR count). The molecule has 1 N–H and O–H groups in total. The summed E-state index contributed by atoms with van der Waals surface area (Å²) in [6.07, 6.45) is -2.42. The molecule has 0 aliphatic carbocycles. The number of nitrogens with zero attached hydrogens (tertiary/aromatic N) is 2. The Labute approximate surface area is 142 Å². The van der Waals surface area contributed by atoms with Crippen LogP contribution in [0.25, 0.3) is 16.6 Å². The van der Waals surface area contributed by atoms with Gasteiger partial charge >= 0.3 is 6.18 Å². The summed E-state index contributed by atoms with van der Waals surface area (Å²) in [5, 5.41) is 2.99. The molecule has 0 radical (unpaired) electrons. The predicted molar refractivity (Wildman–Crippen MR) is 90.7 cm³/mol. The lowest BCUT2D eigenvalue weighted by Gasteiger charge is -2.15. The van der Waals surface area contributed by atoms with Crippen LogP contribution in [-0.4, -0.2) is 15.9 Å². The van der Waals surface area contributed by atoms with Gasteiger partial charge in [0.25, 0.3) is 5.56 Å². The third-order valence-electron chi connectivity index (χ3n) is 3.78. The summed E-state index contributed by atoms with van der Waals surface area (Å²) in [7, 11) is 0. The van der Waals surface area contributed by atoms with E-state index in [2.05, 4.69) is 10.3 Å². The zero-order chi connectivity index (χ0) is 18.0. The lowest BCUT2D eigenvalue weighted by atomic mass is 10.1. The van der Waals surface area contributed by atoms with Crippen molar-refractivity contribution in [3.63, 3.8) is 0 Å². The molecule has 0 saturated heterocycles. The molecular weight excluding hydrogens is 331 g/mol. The maximum absolute atomic E-state index is 13.1. The van der Waals surface area contributed by atoms with Gasteiger partial charge in [-0.3, -0.25) is 9.20 Å². The van der Waals surface area contributed by atoms with Crippen LogP contribution in [0.1, 0.15) is 18.9 Å². The number of halogens is 3. The highest BCUT2D eigenvalue weighted by atomic mass is 19.4. The van der Waals surface area contributed by atoms with Gasteiger partial charge in [-0.2, -0.15) is 18.2 Å². The van der Waals surface area contributed by atoms with Crippen molar-refractivity contribution in [2.45, 2.75) is 19.5 Å². The van der Waals surface area contributed by atoms with Crippen molar-refractivity contribution in [2.24, 2.45) is 0 Å². The van der Waals surface area contributed by atoms with E-state index in [1.807, 2.05) is 6.92 Å². The third-order valence-corrected chi connectivity index (χ3v) is 3.78. The van der Waals surface area contributed by atoms with Gasteiger partial charge in [0.05, 0.1) is 16.6 Å². The van der Waals surface area contributed by atoms with E-state index >= 15 is 0 Å². The van der Waals surface area contributed by atoms with Crippen molar-refractivity contribution in [3.8, 4) is 11.1 Å². The molecule has 2 aromatic heterocycles. The molecule has 0 unspecified atom stereocenters. The van der Waals surface area contributed by atoms with Gasteiger partial charge in [0.1, 0.15) is 0 Å². The second-order valence-electron chi connectivity index (χ2n) is 5.58. The number of fused-ring (bicyclic) bond motifs is 1. The fourth-order valence-electron chi connectivity index (χ4n) is 2.61. The molecule has 0 aliphatic heterocycles. The summed E-state index contributed by atoms with van der Waals surface area (Å²) >= 11 is 0. The van der Waals surface area contributed by atoms with Gasteiger partial charge in [-0.25, -0.2) is 0 Å². The summed E-state index contributed by atoms with van der Waals surface area (Å²) in [5.74, 6) is 0.232. The van der Waals surface area contributed by atoms with E-state index in [1.54, 1.807) is 30.3 Å². The Hall–Kier alpha value is -2.83. The van der Waals surface area contributed by atoms with Crippen LogP contribution < -0.4 is 10.9 Å². The number of alkyl halides is 3. The Morgan fingerprint density at radius 2 is 1.88 bits per heavy atom. The van der Waals surface area contributed by atoms with Gasteiger partial charge < -0.3 is 5.32 Å². The Bertz CT molecular complexity index is 949. The lowest BCUT2D eigenvalue weighted by molar-refractivity contribution is -0.137. The highest BCUT2D eigenvalue weighted by Crippen LogP contribution is 2.32. The molecule has 0 atom stereocenters. The molecule has 0 amide bonds. The monoisotopic (exact) mass is 347 g/mol. The van der Waals surface area contributed by atoms with Crippen molar-refractivity contribution in [2.75, 3.05) is 11.9 Å². The molecular formula is C18H16F3N3O. The van der Waals surface area contributed by atoms with Crippen LogP contribution in [0.3, 0.4) is 0 Å². The summed E-state index contributed by atoms with van der Waals surface area (Å²) < 4.78 is 40.9.